The van der Waals surface area contributed by atoms with Gasteiger partial charge < -0.3 is 0 Å². The lowest BCUT2D eigenvalue weighted by molar-refractivity contribution is 0.590. The Morgan fingerprint density at radius 2 is 2.15 bits per heavy atom. The molecule has 0 spiro atoms. The van der Waals surface area contributed by atoms with Crippen LogP contribution in [0.5, 0.6) is 0 Å². The summed E-state index contributed by atoms with van der Waals surface area (Å²) in [5.74, 6) is 0. The van der Waals surface area contributed by atoms with Gasteiger partial charge in [-0.2, -0.15) is 0 Å². The van der Waals surface area contributed by atoms with E-state index in [0.29, 0.717) is 5.65 Å². The summed E-state index contributed by atoms with van der Waals surface area (Å²) in [6, 6.07) is 2.85. The highest BCUT2D eigenvalue weighted by Crippen LogP contribution is 2.04. The maximum absolute atomic E-state index is 11.1. The number of rotatable bonds is 1. The molecule has 0 saturated heterocycles. The van der Waals surface area contributed by atoms with Crippen LogP contribution in [0, 0.1) is 0 Å². The van der Waals surface area contributed by atoms with Crippen molar-refractivity contribution in [3.05, 3.63) is 12.1 Å². The van der Waals surface area contributed by atoms with Gasteiger partial charge in [-0.3, -0.25) is 0 Å². The Bertz CT molecular complexity index is 545. The van der Waals surface area contributed by atoms with Crippen molar-refractivity contribution in [2.75, 3.05) is 6.26 Å². The third-order valence-corrected chi connectivity index (χ3v) is 2.40. The lowest BCUT2D eigenvalue weighted by atomic mass is 10.6. The van der Waals surface area contributed by atoms with Crippen LogP contribution in [0.3, 0.4) is 0 Å². The van der Waals surface area contributed by atoms with Gasteiger partial charge in [0.15, 0.2) is 20.5 Å². The number of hydrogen-bond acceptors (Lipinski definition) is 6. The molecule has 0 N–H and O–H groups in total. The molecule has 0 amide bonds. The largest absolute Gasteiger partial charge is 0.222 e. The van der Waals surface area contributed by atoms with Crippen LogP contribution in [0.2, 0.25) is 0 Å². The Morgan fingerprint density at radius 3 is 2.85 bits per heavy atom. The number of hydrogen-bond donors (Lipinski definition) is 0. The molecule has 0 aliphatic carbocycles. The minimum Gasteiger partial charge on any atom is -0.222 e. The van der Waals surface area contributed by atoms with Crippen LogP contribution < -0.4 is 0 Å². The quantitative estimate of drug-likeness (QED) is 0.580. The van der Waals surface area contributed by atoms with Crippen molar-refractivity contribution in [3.8, 4) is 0 Å². The maximum atomic E-state index is 11.1. The molecule has 8 heteroatoms. The molecule has 0 bridgehead atoms. The lowest BCUT2D eigenvalue weighted by Crippen LogP contribution is -2.05. The second-order valence-corrected chi connectivity index (χ2v) is 4.43. The van der Waals surface area contributed by atoms with Crippen LogP contribution in [0.1, 0.15) is 0 Å². The third-order valence-electron chi connectivity index (χ3n) is 1.42. The average Bonchev–Trinajstić information content (AvgIpc) is 2.47. The van der Waals surface area contributed by atoms with E-state index in [1.54, 1.807) is 0 Å². The van der Waals surface area contributed by atoms with E-state index in [1.807, 2.05) is 0 Å². The van der Waals surface area contributed by atoms with Gasteiger partial charge in [0.1, 0.15) is 0 Å². The van der Waals surface area contributed by atoms with E-state index in [2.05, 4.69) is 20.6 Å². The highest BCUT2D eigenvalue weighted by Gasteiger charge is 2.10. The summed E-state index contributed by atoms with van der Waals surface area (Å²) in [4.78, 5) is 0. The van der Waals surface area contributed by atoms with E-state index in [1.165, 1.54) is 12.1 Å². The smallest absolute Gasteiger partial charge is 0.200 e. The van der Waals surface area contributed by atoms with Gasteiger partial charge in [0.25, 0.3) is 0 Å². The van der Waals surface area contributed by atoms with Gasteiger partial charge in [0.05, 0.1) is 0 Å². The minimum atomic E-state index is -3.30. The molecule has 2 aromatic heterocycles. The lowest BCUT2D eigenvalue weighted by Gasteiger charge is -1.94. The molecule has 0 aliphatic heterocycles. The van der Waals surface area contributed by atoms with Crippen molar-refractivity contribution < 1.29 is 8.42 Å². The van der Waals surface area contributed by atoms with Crippen molar-refractivity contribution in [1.29, 1.82) is 0 Å². The van der Waals surface area contributed by atoms with E-state index >= 15 is 0 Å². The Kier molecular flexibility index (Phi) is 1.52. The van der Waals surface area contributed by atoms with Crippen molar-refractivity contribution in [2.45, 2.75) is 5.03 Å². The first kappa shape index (κ1) is 8.05. The first-order chi connectivity index (χ1) is 6.07. The fourth-order valence-electron chi connectivity index (χ4n) is 0.831. The van der Waals surface area contributed by atoms with Gasteiger partial charge in [-0.05, 0) is 22.6 Å². The Hall–Kier alpha value is -1.57. The van der Waals surface area contributed by atoms with Crippen molar-refractivity contribution >= 4 is 15.5 Å². The van der Waals surface area contributed by atoms with Crippen LogP contribution >= 0.6 is 0 Å². The Morgan fingerprint density at radius 1 is 1.38 bits per heavy atom. The first-order valence-electron chi connectivity index (χ1n) is 3.33. The first-order valence-corrected chi connectivity index (χ1v) is 5.22. The normalized spacial score (nSPS) is 12.1. The predicted molar refractivity (Wildman–Crippen MR) is 41.7 cm³/mol. The van der Waals surface area contributed by atoms with Crippen molar-refractivity contribution in [2.24, 2.45) is 0 Å². The van der Waals surface area contributed by atoms with Gasteiger partial charge in [-0.25, -0.2) is 8.42 Å². The van der Waals surface area contributed by atoms with Gasteiger partial charge in [-0.1, -0.05) is 0 Å². The summed E-state index contributed by atoms with van der Waals surface area (Å²) in [6.45, 7) is 0. The molecule has 13 heavy (non-hydrogen) atoms. The van der Waals surface area contributed by atoms with Crippen LogP contribution in [0.4, 0.5) is 0 Å². The molecule has 2 rings (SSSR count). The van der Waals surface area contributed by atoms with E-state index in [0.717, 1.165) is 10.9 Å². The number of aromatic nitrogens is 5. The van der Waals surface area contributed by atoms with Crippen LogP contribution in [-0.4, -0.2) is 39.9 Å². The van der Waals surface area contributed by atoms with E-state index in [-0.39, 0.29) is 5.03 Å². The maximum Gasteiger partial charge on any atom is 0.200 e. The average molecular weight is 199 g/mol. The summed E-state index contributed by atoms with van der Waals surface area (Å²) in [7, 11) is -3.30. The zero-order valence-corrected chi connectivity index (χ0v) is 7.43. The van der Waals surface area contributed by atoms with Crippen molar-refractivity contribution in [1.82, 2.24) is 25.3 Å². The van der Waals surface area contributed by atoms with E-state index < -0.39 is 9.84 Å². The van der Waals surface area contributed by atoms with Gasteiger partial charge >= 0.3 is 0 Å². The summed E-state index contributed by atoms with van der Waals surface area (Å²) in [5, 5.41) is 14.0. The summed E-state index contributed by atoms with van der Waals surface area (Å²) >= 11 is 0. The molecule has 0 radical (unpaired) electrons. The number of tetrazole rings is 1. The van der Waals surface area contributed by atoms with Gasteiger partial charge in [0.2, 0.25) is 0 Å². The standard InChI is InChI=1S/C5H5N5O2S/c1-13(11,12)5-3-2-4-6-8-9-10(4)7-5/h2-3H,1H3. The predicted octanol–water partition coefficient (Wildman–Crippen LogP) is -1.08. The second-order valence-electron chi connectivity index (χ2n) is 2.47. The number of nitrogens with zero attached hydrogens (tertiary/aromatic N) is 5. The van der Waals surface area contributed by atoms with Crippen LogP contribution in [0.25, 0.3) is 5.65 Å². The Balaban J connectivity index is 2.75. The monoisotopic (exact) mass is 199 g/mol. The fourth-order valence-corrected chi connectivity index (χ4v) is 1.37. The molecule has 0 fully saturated rings. The summed E-state index contributed by atoms with van der Waals surface area (Å²) in [6.07, 6.45) is 1.07. The van der Waals surface area contributed by atoms with E-state index in [9.17, 15) is 8.42 Å². The zero-order chi connectivity index (χ0) is 9.47. The summed E-state index contributed by atoms with van der Waals surface area (Å²) < 4.78 is 23.2. The molecule has 0 unspecified atom stereocenters. The molecule has 7 nitrogen and oxygen atoms in total. The second kappa shape index (κ2) is 2.46. The minimum absolute atomic E-state index is 0.0488. The molecular weight excluding hydrogens is 194 g/mol. The SMILES string of the molecule is CS(=O)(=O)c1ccc2nnnn2n1. The molecule has 0 aromatic carbocycles. The summed E-state index contributed by atoms with van der Waals surface area (Å²) in [5.41, 5.74) is 0.410. The number of sulfone groups is 1. The molecule has 2 aromatic rings. The van der Waals surface area contributed by atoms with Gasteiger partial charge in [0, 0.05) is 6.26 Å². The third kappa shape index (κ3) is 1.35. The fraction of sp³-hybridized carbons (Fsp3) is 0.200. The van der Waals surface area contributed by atoms with Gasteiger partial charge in [-0.15, -0.1) is 14.8 Å². The van der Waals surface area contributed by atoms with Crippen LogP contribution in [0.15, 0.2) is 17.2 Å². The highest BCUT2D eigenvalue weighted by molar-refractivity contribution is 7.90. The number of fused-ring (bicyclic) bond motifs is 1. The topological polar surface area (TPSA) is 90.1 Å². The molecule has 2 heterocycles. The molecule has 0 aliphatic rings. The Labute approximate surface area is 73.3 Å². The van der Waals surface area contributed by atoms with Crippen LogP contribution in [-0.2, 0) is 9.84 Å². The molecular formula is C5H5N5O2S. The highest BCUT2D eigenvalue weighted by atomic mass is 32.2. The van der Waals surface area contributed by atoms with Crippen molar-refractivity contribution in [3.63, 3.8) is 0 Å². The molecule has 0 atom stereocenters. The molecule has 68 valence electrons. The van der Waals surface area contributed by atoms with E-state index in [4.69, 9.17) is 0 Å². The zero-order valence-electron chi connectivity index (χ0n) is 6.62. The molecule has 0 saturated carbocycles.